The number of rotatable bonds is 5. The Labute approximate surface area is 118 Å². The molecule has 0 amide bonds. The van der Waals surface area contributed by atoms with Crippen molar-refractivity contribution in [2.45, 2.75) is 19.6 Å². The van der Waals surface area contributed by atoms with Gasteiger partial charge in [0.2, 0.25) is 0 Å². The van der Waals surface area contributed by atoms with E-state index in [-0.39, 0.29) is 11.9 Å². The van der Waals surface area contributed by atoms with Crippen LogP contribution >= 0.6 is 0 Å². The van der Waals surface area contributed by atoms with Crippen molar-refractivity contribution in [3.05, 3.63) is 59.4 Å². The van der Waals surface area contributed by atoms with E-state index >= 15 is 0 Å². The van der Waals surface area contributed by atoms with Gasteiger partial charge in [-0.3, -0.25) is 0 Å². The average Bonchev–Trinajstić information content (AvgIpc) is 2.46. The summed E-state index contributed by atoms with van der Waals surface area (Å²) in [6, 6.07) is 11.8. The minimum absolute atomic E-state index is 0.0601. The Morgan fingerprint density at radius 3 is 2.40 bits per heavy atom. The van der Waals surface area contributed by atoms with Gasteiger partial charge in [0.05, 0.1) is 7.11 Å². The van der Waals surface area contributed by atoms with E-state index in [9.17, 15) is 4.39 Å². The van der Waals surface area contributed by atoms with Gasteiger partial charge in [-0.1, -0.05) is 18.2 Å². The van der Waals surface area contributed by atoms with Gasteiger partial charge < -0.3 is 15.2 Å². The lowest BCUT2D eigenvalue weighted by atomic mass is 10.1. The van der Waals surface area contributed by atoms with Crippen LogP contribution in [0.5, 0.6) is 11.5 Å². The fraction of sp³-hybridized carbons (Fsp3) is 0.250. The average molecular weight is 275 g/mol. The molecule has 0 aliphatic carbocycles. The number of hydrogen-bond donors (Lipinski definition) is 1. The molecule has 2 aromatic rings. The van der Waals surface area contributed by atoms with Gasteiger partial charge in [-0.25, -0.2) is 4.39 Å². The molecule has 0 radical (unpaired) electrons. The Hall–Kier alpha value is -2.07. The summed E-state index contributed by atoms with van der Waals surface area (Å²) in [4.78, 5) is 0. The first kappa shape index (κ1) is 14.3. The fourth-order valence-corrected chi connectivity index (χ4v) is 1.83. The zero-order valence-corrected chi connectivity index (χ0v) is 11.6. The van der Waals surface area contributed by atoms with Crippen LogP contribution in [0.1, 0.15) is 24.1 Å². The Morgan fingerprint density at radius 2 is 1.80 bits per heavy atom. The summed E-state index contributed by atoms with van der Waals surface area (Å²) >= 11 is 0. The van der Waals surface area contributed by atoms with E-state index in [1.807, 2.05) is 25.1 Å². The van der Waals surface area contributed by atoms with Gasteiger partial charge in [-0.15, -0.1) is 0 Å². The highest BCUT2D eigenvalue weighted by atomic mass is 19.1. The summed E-state index contributed by atoms with van der Waals surface area (Å²) in [5.41, 5.74) is 7.71. The lowest BCUT2D eigenvalue weighted by Gasteiger charge is -2.13. The van der Waals surface area contributed by atoms with Crippen LogP contribution < -0.4 is 15.2 Å². The van der Waals surface area contributed by atoms with Gasteiger partial charge in [0.15, 0.2) is 11.5 Å². The molecule has 0 saturated carbocycles. The molecule has 4 heteroatoms. The third kappa shape index (κ3) is 3.48. The molecule has 0 fully saturated rings. The second kappa shape index (κ2) is 6.39. The monoisotopic (exact) mass is 275 g/mol. The van der Waals surface area contributed by atoms with Crippen LogP contribution in [0.3, 0.4) is 0 Å². The maximum absolute atomic E-state index is 12.8. The second-order valence-electron chi connectivity index (χ2n) is 4.61. The van der Waals surface area contributed by atoms with Gasteiger partial charge in [0, 0.05) is 6.04 Å². The maximum atomic E-state index is 12.8. The molecule has 2 N–H and O–H groups in total. The molecule has 1 atom stereocenters. The molecule has 0 aliphatic rings. The van der Waals surface area contributed by atoms with Crippen LogP contribution in [0.15, 0.2) is 42.5 Å². The molecule has 0 heterocycles. The summed E-state index contributed by atoms with van der Waals surface area (Å²) in [6.45, 7) is 2.27. The molecule has 106 valence electrons. The summed E-state index contributed by atoms with van der Waals surface area (Å²) in [5, 5.41) is 0. The Bertz CT molecular complexity index is 567. The van der Waals surface area contributed by atoms with E-state index in [0.717, 1.165) is 11.1 Å². The first-order valence-electron chi connectivity index (χ1n) is 6.41. The topological polar surface area (TPSA) is 44.5 Å². The Balaban J connectivity index is 2.10. The third-order valence-corrected chi connectivity index (χ3v) is 3.02. The van der Waals surface area contributed by atoms with Gasteiger partial charge in [-0.2, -0.15) is 0 Å². The molecule has 0 unspecified atom stereocenters. The Kier molecular flexibility index (Phi) is 4.58. The van der Waals surface area contributed by atoms with Gasteiger partial charge in [0.1, 0.15) is 12.4 Å². The number of hydrogen-bond acceptors (Lipinski definition) is 3. The summed E-state index contributed by atoms with van der Waals surface area (Å²) in [7, 11) is 1.59. The molecule has 0 saturated heterocycles. The molecule has 0 aliphatic heterocycles. The first-order chi connectivity index (χ1) is 9.60. The number of nitrogens with two attached hydrogens (primary N) is 1. The first-order valence-corrected chi connectivity index (χ1v) is 6.41. The molecule has 3 nitrogen and oxygen atoms in total. The fourth-order valence-electron chi connectivity index (χ4n) is 1.83. The molecular weight excluding hydrogens is 257 g/mol. The summed E-state index contributed by atoms with van der Waals surface area (Å²) in [5.74, 6) is 1.02. The predicted molar refractivity (Wildman–Crippen MR) is 76.3 cm³/mol. The van der Waals surface area contributed by atoms with Crippen LogP contribution in [0.4, 0.5) is 4.39 Å². The number of methoxy groups -OCH3 is 1. The quantitative estimate of drug-likeness (QED) is 0.909. The largest absolute Gasteiger partial charge is 0.493 e. The van der Waals surface area contributed by atoms with E-state index in [1.165, 1.54) is 12.1 Å². The van der Waals surface area contributed by atoms with E-state index in [4.69, 9.17) is 15.2 Å². The van der Waals surface area contributed by atoms with E-state index in [2.05, 4.69) is 0 Å². The molecule has 2 aromatic carbocycles. The van der Waals surface area contributed by atoms with Gasteiger partial charge >= 0.3 is 0 Å². The van der Waals surface area contributed by atoms with E-state index in [0.29, 0.717) is 18.1 Å². The highest BCUT2D eigenvalue weighted by Crippen LogP contribution is 2.30. The molecule has 2 rings (SSSR count). The van der Waals surface area contributed by atoms with E-state index in [1.54, 1.807) is 19.2 Å². The normalized spacial score (nSPS) is 12.0. The third-order valence-electron chi connectivity index (χ3n) is 3.02. The zero-order valence-electron chi connectivity index (χ0n) is 11.6. The molecule has 0 aromatic heterocycles. The van der Waals surface area contributed by atoms with E-state index < -0.39 is 0 Å². The SMILES string of the molecule is COc1cc([C@H](C)N)ccc1OCc1ccc(F)cc1. The molecule has 0 spiro atoms. The molecular formula is C16H18FNO2. The van der Waals surface area contributed by atoms with Crippen LogP contribution in [-0.2, 0) is 6.61 Å². The van der Waals surface area contributed by atoms with Crippen molar-refractivity contribution >= 4 is 0 Å². The van der Waals surface area contributed by atoms with Crippen molar-refractivity contribution in [2.75, 3.05) is 7.11 Å². The standard InChI is InChI=1S/C16H18FNO2/c1-11(18)13-5-8-15(16(9-13)19-2)20-10-12-3-6-14(17)7-4-12/h3-9,11H,10,18H2,1-2H3/t11-/m0/s1. The zero-order chi connectivity index (χ0) is 14.5. The Morgan fingerprint density at radius 1 is 1.10 bits per heavy atom. The minimum atomic E-state index is -0.257. The van der Waals surface area contributed by atoms with Crippen LogP contribution in [0.25, 0.3) is 0 Å². The van der Waals surface area contributed by atoms with Crippen molar-refractivity contribution < 1.29 is 13.9 Å². The van der Waals surface area contributed by atoms with Crippen molar-refractivity contribution in [1.29, 1.82) is 0 Å². The summed E-state index contributed by atoms with van der Waals surface area (Å²) < 4.78 is 23.8. The predicted octanol–water partition coefficient (Wildman–Crippen LogP) is 3.43. The lowest BCUT2D eigenvalue weighted by molar-refractivity contribution is 0.284. The lowest BCUT2D eigenvalue weighted by Crippen LogP contribution is -2.05. The van der Waals surface area contributed by atoms with Crippen molar-refractivity contribution in [1.82, 2.24) is 0 Å². The van der Waals surface area contributed by atoms with Crippen LogP contribution in [0.2, 0.25) is 0 Å². The second-order valence-corrected chi connectivity index (χ2v) is 4.61. The van der Waals surface area contributed by atoms with Crippen LogP contribution in [0, 0.1) is 5.82 Å². The van der Waals surface area contributed by atoms with Crippen molar-refractivity contribution in [2.24, 2.45) is 5.73 Å². The highest BCUT2D eigenvalue weighted by molar-refractivity contribution is 5.43. The van der Waals surface area contributed by atoms with Gasteiger partial charge in [0.25, 0.3) is 0 Å². The van der Waals surface area contributed by atoms with Gasteiger partial charge in [-0.05, 0) is 42.3 Å². The molecule has 20 heavy (non-hydrogen) atoms. The highest BCUT2D eigenvalue weighted by Gasteiger charge is 2.08. The minimum Gasteiger partial charge on any atom is -0.493 e. The number of ether oxygens (including phenoxy) is 2. The number of benzene rings is 2. The number of halogens is 1. The maximum Gasteiger partial charge on any atom is 0.161 e. The smallest absolute Gasteiger partial charge is 0.161 e. The molecule has 0 bridgehead atoms. The summed E-state index contributed by atoms with van der Waals surface area (Å²) in [6.07, 6.45) is 0. The van der Waals surface area contributed by atoms with Crippen LogP contribution in [-0.4, -0.2) is 7.11 Å². The van der Waals surface area contributed by atoms with Crippen molar-refractivity contribution in [3.63, 3.8) is 0 Å². The van der Waals surface area contributed by atoms with Crippen molar-refractivity contribution in [3.8, 4) is 11.5 Å².